The summed E-state index contributed by atoms with van der Waals surface area (Å²) in [4.78, 5) is 0. The van der Waals surface area contributed by atoms with Crippen LogP contribution in [0.1, 0.15) is 94.6 Å². The Morgan fingerprint density at radius 2 is 1.35 bits per heavy atom. The van der Waals surface area contributed by atoms with Crippen LogP contribution in [0.15, 0.2) is 12.1 Å². The van der Waals surface area contributed by atoms with Gasteiger partial charge in [-0.3, -0.25) is 0 Å². The summed E-state index contributed by atoms with van der Waals surface area (Å²) in [6.07, 6.45) is 8.87. The summed E-state index contributed by atoms with van der Waals surface area (Å²) in [6, 6.07) is 2.26. The predicted octanol–water partition coefficient (Wildman–Crippen LogP) is 7.78. The zero-order valence-corrected chi connectivity index (χ0v) is 15.6. The highest BCUT2D eigenvalue weighted by Crippen LogP contribution is 2.45. The summed E-state index contributed by atoms with van der Waals surface area (Å²) in [5.74, 6) is 0.325. The Labute approximate surface area is 154 Å². The molecule has 1 aromatic carbocycles. The van der Waals surface area contributed by atoms with Gasteiger partial charge in [-0.2, -0.15) is 0 Å². The molecule has 0 atom stereocenters. The van der Waals surface area contributed by atoms with Crippen LogP contribution >= 0.6 is 0 Å². The minimum absolute atomic E-state index is 0.0957. The Morgan fingerprint density at radius 3 is 1.81 bits per heavy atom. The molecule has 0 heterocycles. The van der Waals surface area contributed by atoms with Crippen molar-refractivity contribution in [2.45, 2.75) is 83.5 Å². The van der Waals surface area contributed by atoms with Crippen molar-refractivity contribution in [2.24, 2.45) is 17.8 Å². The second-order valence-electron chi connectivity index (χ2n) is 8.38. The first-order chi connectivity index (χ1) is 12.5. The molecule has 0 radical (unpaired) electrons. The van der Waals surface area contributed by atoms with E-state index < -0.39 is 23.6 Å². The Morgan fingerprint density at radius 1 is 0.846 bits per heavy atom. The first-order valence-electron chi connectivity index (χ1n) is 10.3. The zero-order chi connectivity index (χ0) is 18.7. The quantitative estimate of drug-likeness (QED) is 0.464. The van der Waals surface area contributed by atoms with Gasteiger partial charge in [-0.15, -0.1) is 0 Å². The van der Waals surface area contributed by atoms with E-state index in [1.807, 2.05) is 0 Å². The fraction of sp³-hybridized carbons (Fsp3) is 0.727. The lowest BCUT2D eigenvalue weighted by Crippen LogP contribution is -2.25. The Balaban J connectivity index is 1.56. The van der Waals surface area contributed by atoms with Crippen LogP contribution < -0.4 is 0 Å². The third-order valence-electron chi connectivity index (χ3n) is 6.82. The predicted molar refractivity (Wildman–Crippen MR) is 96.4 cm³/mol. The van der Waals surface area contributed by atoms with Crippen molar-refractivity contribution in [3.8, 4) is 0 Å². The maximum Gasteiger partial charge on any atom is 0.269 e. The van der Waals surface area contributed by atoms with Crippen molar-refractivity contribution in [1.82, 2.24) is 0 Å². The number of rotatable bonds is 5. The van der Waals surface area contributed by atoms with Crippen LogP contribution in [0.5, 0.6) is 0 Å². The van der Waals surface area contributed by atoms with E-state index in [1.165, 1.54) is 38.5 Å². The Kier molecular flexibility index (Phi) is 6.63. The molecular weight excluding hydrogens is 340 g/mol. The molecule has 146 valence electrons. The normalized spacial score (nSPS) is 29.9. The van der Waals surface area contributed by atoms with Crippen LogP contribution in [0.2, 0.25) is 0 Å². The SMILES string of the molecule is CCCC1CCC(C2CCC(c3cc(F)c(C(F)F)c(F)c3)CC2)CC1. The molecule has 0 bridgehead atoms. The van der Waals surface area contributed by atoms with E-state index in [0.29, 0.717) is 5.56 Å². The molecule has 1 aromatic rings. The van der Waals surface area contributed by atoms with E-state index in [2.05, 4.69) is 6.92 Å². The Bertz CT molecular complexity index is 559. The molecule has 0 amide bonds. The van der Waals surface area contributed by atoms with Crippen LogP contribution in [0.3, 0.4) is 0 Å². The molecule has 2 aliphatic rings. The van der Waals surface area contributed by atoms with E-state index in [9.17, 15) is 17.6 Å². The van der Waals surface area contributed by atoms with E-state index in [4.69, 9.17) is 0 Å². The maximum absolute atomic E-state index is 13.9. The van der Waals surface area contributed by atoms with Gasteiger partial charge in [-0.1, -0.05) is 32.6 Å². The number of hydrogen-bond acceptors (Lipinski definition) is 0. The van der Waals surface area contributed by atoms with Crippen molar-refractivity contribution >= 4 is 0 Å². The Hall–Kier alpha value is -1.06. The smallest absolute Gasteiger partial charge is 0.206 e. The molecular formula is C22H30F4. The fourth-order valence-electron chi connectivity index (χ4n) is 5.33. The highest BCUT2D eigenvalue weighted by molar-refractivity contribution is 5.29. The van der Waals surface area contributed by atoms with Gasteiger partial charge in [0, 0.05) is 0 Å². The first-order valence-corrected chi connectivity index (χ1v) is 10.3. The van der Waals surface area contributed by atoms with Crippen LogP contribution in [-0.2, 0) is 0 Å². The van der Waals surface area contributed by atoms with Gasteiger partial charge in [0.2, 0.25) is 0 Å². The number of hydrogen-bond donors (Lipinski definition) is 0. The molecule has 0 aromatic heterocycles. The summed E-state index contributed by atoms with van der Waals surface area (Å²) in [7, 11) is 0. The summed E-state index contributed by atoms with van der Waals surface area (Å²) in [5.41, 5.74) is -0.541. The average molecular weight is 370 g/mol. The number of halogens is 4. The molecule has 0 unspecified atom stereocenters. The molecule has 4 heteroatoms. The van der Waals surface area contributed by atoms with Crippen LogP contribution in [-0.4, -0.2) is 0 Å². The van der Waals surface area contributed by atoms with Gasteiger partial charge in [0.25, 0.3) is 6.43 Å². The number of alkyl halides is 2. The van der Waals surface area contributed by atoms with Crippen molar-refractivity contribution in [2.75, 3.05) is 0 Å². The summed E-state index contributed by atoms with van der Waals surface area (Å²) in [5, 5.41) is 0. The third-order valence-corrected chi connectivity index (χ3v) is 6.82. The van der Waals surface area contributed by atoms with E-state index in [-0.39, 0.29) is 5.92 Å². The lowest BCUT2D eigenvalue weighted by atomic mass is 9.68. The lowest BCUT2D eigenvalue weighted by Gasteiger charge is -2.38. The maximum atomic E-state index is 13.9. The van der Waals surface area contributed by atoms with Crippen molar-refractivity contribution < 1.29 is 17.6 Å². The van der Waals surface area contributed by atoms with Crippen LogP contribution in [0, 0.1) is 29.4 Å². The summed E-state index contributed by atoms with van der Waals surface area (Å²) in [6.45, 7) is 2.26. The largest absolute Gasteiger partial charge is 0.269 e. The first kappa shape index (κ1) is 19.7. The highest BCUT2D eigenvalue weighted by atomic mass is 19.3. The van der Waals surface area contributed by atoms with Gasteiger partial charge in [-0.25, -0.2) is 17.6 Å². The van der Waals surface area contributed by atoms with E-state index in [0.717, 1.165) is 55.6 Å². The minimum atomic E-state index is -3.11. The van der Waals surface area contributed by atoms with E-state index >= 15 is 0 Å². The standard InChI is InChI=1S/C22H30F4/c1-2-3-14-4-6-15(7-5-14)16-8-10-17(11-9-16)18-12-19(23)21(22(25)26)20(24)13-18/h12-17,22H,2-11H2,1H3. The van der Waals surface area contributed by atoms with Gasteiger partial charge < -0.3 is 0 Å². The van der Waals surface area contributed by atoms with Crippen molar-refractivity contribution in [1.29, 1.82) is 0 Å². The van der Waals surface area contributed by atoms with Gasteiger partial charge >= 0.3 is 0 Å². The van der Waals surface area contributed by atoms with Crippen LogP contribution in [0.25, 0.3) is 0 Å². The second kappa shape index (κ2) is 8.75. The molecule has 2 fully saturated rings. The highest BCUT2D eigenvalue weighted by Gasteiger charge is 2.32. The van der Waals surface area contributed by atoms with Gasteiger partial charge in [0.15, 0.2) is 0 Å². The topological polar surface area (TPSA) is 0 Å². The fourth-order valence-corrected chi connectivity index (χ4v) is 5.33. The summed E-state index contributed by atoms with van der Waals surface area (Å²) < 4.78 is 53.2. The van der Waals surface area contributed by atoms with Gasteiger partial charge in [0.1, 0.15) is 11.6 Å². The molecule has 3 rings (SSSR count). The molecule has 0 saturated heterocycles. The average Bonchev–Trinajstić information content (AvgIpc) is 2.62. The minimum Gasteiger partial charge on any atom is -0.206 e. The molecule has 0 spiro atoms. The lowest BCUT2D eigenvalue weighted by molar-refractivity contribution is 0.140. The zero-order valence-electron chi connectivity index (χ0n) is 15.6. The second-order valence-corrected chi connectivity index (χ2v) is 8.38. The summed E-state index contributed by atoms with van der Waals surface area (Å²) >= 11 is 0. The molecule has 0 aliphatic heterocycles. The molecule has 0 nitrogen and oxygen atoms in total. The molecule has 2 aliphatic carbocycles. The van der Waals surface area contributed by atoms with Crippen molar-refractivity contribution in [3.05, 3.63) is 34.9 Å². The number of benzene rings is 1. The van der Waals surface area contributed by atoms with Gasteiger partial charge in [0.05, 0.1) is 5.56 Å². The van der Waals surface area contributed by atoms with Crippen molar-refractivity contribution in [3.63, 3.8) is 0 Å². The molecule has 2 saturated carbocycles. The molecule has 26 heavy (non-hydrogen) atoms. The monoisotopic (exact) mass is 370 g/mol. The third kappa shape index (κ3) is 4.43. The van der Waals surface area contributed by atoms with E-state index in [1.54, 1.807) is 0 Å². The van der Waals surface area contributed by atoms with Gasteiger partial charge in [-0.05, 0) is 79.9 Å². The van der Waals surface area contributed by atoms with Crippen LogP contribution in [0.4, 0.5) is 17.6 Å². The molecule has 0 N–H and O–H groups in total.